The predicted octanol–water partition coefficient (Wildman–Crippen LogP) is 6.66. The first-order chi connectivity index (χ1) is 23.2. The van der Waals surface area contributed by atoms with Crippen LogP contribution in [0.15, 0.2) is 109 Å². The largest absolute Gasteiger partial charge is 0.478 e. The van der Waals surface area contributed by atoms with Gasteiger partial charge in [-0.1, -0.05) is 48.5 Å². The lowest BCUT2D eigenvalue weighted by Gasteiger charge is -2.29. The van der Waals surface area contributed by atoms with Gasteiger partial charge in [0.15, 0.2) is 0 Å². The molecule has 4 amide bonds. The lowest BCUT2D eigenvalue weighted by atomic mass is 9.82. The zero-order chi connectivity index (χ0) is 33.4. The van der Waals surface area contributed by atoms with Crippen LogP contribution in [0.3, 0.4) is 0 Å². The molecule has 8 rings (SSSR count). The van der Waals surface area contributed by atoms with Crippen LogP contribution in [0.4, 0.5) is 11.4 Å². The number of carboxylic acids is 2. The number of hydrogen-bond acceptors (Lipinski definition) is 6. The van der Waals surface area contributed by atoms with E-state index < -0.39 is 35.6 Å². The number of carbonyl (C=O) groups excluding carboxylic acids is 4. The van der Waals surface area contributed by atoms with Gasteiger partial charge in [0.2, 0.25) is 0 Å². The first-order valence-electron chi connectivity index (χ1n) is 14.7. The summed E-state index contributed by atoms with van der Waals surface area (Å²) in [5, 5.41) is 20.9. The molecule has 0 aliphatic carbocycles. The number of hydrogen-bond donors (Lipinski definition) is 2. The van der Waals surface area contributed by atoms with Crippen molar-refractivity contribution in [2.75, 3.05) is 9.80 Å². The van der Waals surface area contributed by atoms with Crippen molar-refractivity contribution in [3.63, 3.8) is 0 Å². The predicted molar refractivity (Wildman–Crippen MR) is 176 cm³/mol. The molecule has 6 aromatic rings. The number of benzene rings is 6. The van der Waals surface area contributed by atoms with Crippen LogP contribution < -0.4 is 9.80 Å². The molecule has 0 saturated heterocycles. The molecule has 6 aromatic carbocycles. The number of anilines is 2. The van der Waals surface area contributed by atoms with Crippen molar-refractivity contribution >= 4 is 68.5 Å². The zero-order valence-corrected chi connectivity index (χ0v) is 24.6. The molecule has 0 fully saturated rings. The average Bonchev–Trinajstić information content (AvgIpc) is 3.09. The van der Waals surface area contributed by atoms with Crippen LogP contribution in [0.2, 0.25) is 0 Å². The number of imide groups is 2. The molecule has 2 aliphatic heterocycles. The summed E-state index contributed by atoms with van der Waals surface area (Å²) < 4.78 is 0. The lowest BCUT2D eigenvalue weighted by Crippen LogP contribution is -2.40. The van der Waals surface area contributed by atoms with Crippen LogP contribution in [0, 0.1) is 0 Å². The van der Waals surface area contributed by atoms with Gasteiger partial charge in [-0.2, -0.15) is 0 Å². The van der Waals surface area contributed by atoms with Gasteiger partial charge in [-0.15, -0.1) is 0 Å². The molecule has 2 aliphatic rings. The smallest absolute Gasteiger partial charge is 0.336 e. The fourth-order valence-corrected chi connectivity index (χ4v) is 6.80. The Morgan fingerprint density at radius 1 is 0.375 bits per heavy atom. The third-order valence-corrected chi connectivity index (χ3v) is 8.84. The highest BCUT2D eigenvalue weighted by Crippen LogP contribution is 2.45. The van der Waals surface area contributed by atoms with Gasteiger partial charge in [0.1, 0.15) is 0 Å². The molecule has 0 bridgehead atoms. The summed E-state index contributed by atoms with van der Waals surface area (Å²) in [6.07, 6.45) is 0. The van der Waals surface area contributed by atoms with Crippen molar-refractivity contribution in [3.8, 4) is 11.1 Å². The molecule has 10 heteroatoms. The Kier molecular flexibility index (Phi) is 6.12. The second-order valence-electron chi connectivity index (χ2n) is 11.3. The molecule has 0 spiro atoms. The van der Waals surface area contributed by atoms with E-state index in [0.717, 1.165) is 9.80 Å². The SMILES string of the molecule is O=C(O)c1ccc2c3c(ccc(-c4ccc5c6c(ccc(C(=O)O)c46)C(=O)N(c4ccccc4)C5=O)c13)C(=O)N(c1ccccc1)C2=O. The topological polar surface area (TPSA) is 149 Å². The number of nitrogens with zero attached hydrogens (tertiary/aromatic N) is 2. The van der Waals surface area contributed by atoms with E-state index in [1.807, 2.05) is 0 Å². The maximum atomic E-state index is 13.9. The van der Waals surface area contributed by atoms with Crippen molar-refractivity contribution in [3.05, 3.63) is 143 Å². The molecule has 0 radical (unpaired) electrons. The average molecular weight is 633 g/mol. The van der Waals surface area contributed by atoms with E-state index in [-0.39, 0.29) is 66.1 Å². The van der Waals surface area contributed by atoms with Gasteiger partial charge >= 0.3 is 11.9 Å². The zero-order valence-electron chi connectivity index (χ0n) is 24.6. The number of aromatic carboxylic acids is 2. The minimum atomic E-state index is -1.34. The maximum absolute atomic E-state index is 13.9. The van der Waals surface area contributed by atoms with Crippen molar-refractivity contribution in [2.24, 2.45) is 0 Å². The summed E-state index contributed by atoms with van der Waals surface area (Å²) in [7, 11) is 0. The molecule has 0 unspecified atom stereocenters. The molecular weight excluding hydrogens is 612 g/mol. The Labute approximate surface area is 270 Å². The Morgan fingerprint density at radius 3 is 0.979 bits per heavy atom. The first-order valence-corrected chi connectivity index (χ1v) is 14.7. The van der Waals surface area contributed by atoms with E-state index in [4.69, 9.17) is 0 Å². The summed E-state index contributed by atoms with van der Waals surface area (Å²) >= 11 is 0. The molecule has 0 saturated carbocycles. The van der Waals surface area contributed by atoms with Gasteiger partial charge in [0.05, 0.1) is 22.5 Å². The molecule has 48 heavy (non-hydrogen) atoms. The second kappa shape index (κ2) is 10.3. The molecule has 2 N–H and O–H groups in total. The molecule has 0 aromatic heterocycles. The van der Waals surface area contributed by atoms with Gasteiger partial charge in [-0.05, 0) is 71.8 Å². The highest BCUT2D eigenvalue weighted by Gasteiger charge is 2.38. The molecular formula is C38H20N2O8. The Balaban J connectivity index is 1.44. The van der Waals surface area contributed by atoms with E-state index in [2.05, 4.69) is 0 Å². The number of rotatable bonds is 5. The van der Waals surface area contributed by atoms with Gasteiger partial charge in [-0.25, -0.2) is 19.4 Å². The van der Waals surface area contributed by atoms with Crippen LogP contribution in [0.5, 0.6) is 0 Å². The van der Waals surface area contributed by atoms with E-state index >= 15 is 0 Å². The molecule has 230 valence electrons. The van der Waals surface area contributed by atoms with Crippen molar-refractivity contribution < 1.29 is 39.0 Å². The van der Waals surface area contributed by atoms with Gasteiger partial charge in [0, 0.05) is 43.8 Å². The van der Waals surface area contributed by atoms with Crippen molar-refractivity contribution in [2.45, 2.75) is 0 Å². The van der Waals surface area contributed by atoms with Crippen LogP contribution in [0.1, 0.15) is 62.1 Å². The number of amides is 4. The summed E-state index contributed by atoms with van der Waals surface area (Å²) in [4.78, 5) is 82.8. The van der Waals surface area contributed by atoms with Crippen LogP contribution in [0.25, 0.3) is 32.7 Å². The van der Waals surface area contributed by atoms with Crippen LogP contribution in [-0.2, 0) is 0 Å². The first kappa shape index (κ1) is 28.5. The fraction of sp³-hybridized carbons (Fsp3) is 0. The summed E-state index contributed by atoms with van der Waals surface area (Å²) in [6, 6.07) is 27.9. The van der Waals surface area contributed by atoms with E-state index in [1.54, 1.807) is 60.7 Å². The second-order valence-corrected chi connectivity index (χ2v) is 11.3. The van der Waals surface area contributed by atoms with E-state index in [1.165, 1.54) is 48.5 Å². The van der Waals surface area contributed by atoms with Gasteiger partial charge < -0.3 is 10.2 Å². The van der Waals surface area contributed by atoms with E-state index in [9.17, 15) is 39.0 Å². The minimum absolute atomic E-state index is 0.0447. The highest BCUT2D eigenvalue weighted by atomic mass is 16.4. The Morgan fingerprint density at radius 2 is 0.667 bits per heavy atom. The lowest BCUT2D eigenvalue weighted by molar-refractivity contribution is 0.0688. The third kappa shape index (κ3) is 3.86. The van der Waals surface area contributed by atoms with Crippen LogP contribution >= 0.6 is 0 Å². The normalized spacial score (nSPS) is 13.8. The molecule has 0 atom stereocenters. The minimum Gasteiger partial charge on any atom is -0.478 e. The number of carboxylic acid groups (broad SMARTS) is 2. The number of carbonyl (C=O) groups is 6. The van der Waals surface area contributed by atoms with Gasteiger partial charge in [0.25, 0.3) is 23.6 Å². The maximum Gasteiger partial charge on any atom is 0.336 e. The van der Waals surface area contributed by atoms with Gasteiger partial charge in [-0.3, -0.25) is 19.2 Å². The Bertz CT molecular complexity index is 2270. The quantitative estimate of drug-likeness (QED) is 0.201. The fourth-order valence-electron chi connectivity index (χ4n) is 6.80. The van der Waals surface area contributed by atoms with Crippen LogP contribution in [-0.4, -0.2) is 45.8 Å². The molecule has 10 nitrogen and oxygen atoms in total. The molecule has 2 heterocycles. The monoisotopic (exact) mass is 632 g/mol. The highest BCUT2D eigenvalue weighted by molar-refractivity contribution is 6.40. The summed E-state index contributed by atoms with van der Waals surface area (Å²) in [5.41, 5.74) is 0.980. The standard InChI is InChI=1S/C38H20N2O8/c41-33-23-13-11-21(29-27(37(45)46)17-15-25(31(23)29)35(43)39(33)19-7-3-1-4-8-19)22-12-14-24-32-26(16-18-28(30(22)32)38(47)48)36(44)40(34(24)42)20-9-5-2-6-10-20/h1-18H,(H,45,46)(H,47,48). The van der Waals surface area contributed by atoms with Crippen molar-refractivity contribution in [1.82, 2.24) is 0 Å². The van der Waals surface area contributed by atoms with E-state index in [0.29, 0.717) is 11.4 Å². The third-order valence-electron chi connectivity index (χ3n) is 8.84. The summed E-state index contributed by atoms with van der Waals surface area (Å²) in [5.74, 6) is -5.29. The Hall–Kier alpha value is -6.94. The summed E-state index contributed by atoms with van der Waals surface area (Å²) in [6.45, 7) is 0. The van der Waals surface area contributed by atoms with Crippen molar-refractivity contribution in [1.29, 1.82) is 0 Å². The number of para-hydroxylation sites is 2.